The number of aryl methyl sites for hydroxylation is 1. The van der Waals surface area contributed by atoms with Crippen molar-refractivity contribution in [3.05, 3.63) is 46.9 Å². The van der Waals surface area contributed by atoms with E-state index in [0.717, 1.165) is 0 Å². The number of imidazole rings is 1. The fraction of sp³-hybridized carbons (Fsp3) is 0.154. The van der Waals surface area contributed by atoms with Gasteiger partial charge in [-0.2, -0.15) is 9.97 Å². The van der Waals surface area contributed by atoms with Gasteiger partial charge in [0.2, 0.25) is 5.95 Å². The van der Waals surface area contributed by atoms with Gasteiger partial charge in [-0.05, 0) is 12.5 Å². The minimum atomic E-state index is 0.156. The Morgan fingerprint density at radius 3 is 2.68 bits per heavy atom. The second-order valence-corrected chi connectivity index (χ2v) is 4.76. The first-order valence-corrected chi connectivity index (χ1v) is 6.20. The lowest BCUT2D eigenvalue weighted by Crippen LogP contribution is -2.02. The molecule has 0 saturated heterocycles. The summed E-state index contributed by atoms with van der Waals surface area (Å²) in [6, 6.07) is 8.30. The number of nitrogens with zero attached hydrogens (tertiary/aromatic N) is 4. The fourth-order valence-corrected chi connectivity index (χ4v) is 2.15. The van der Waals surface area contributed by atoms with Crippen molar-refractivity contribution in [3.8, 4) is 0 Å². The highest BCUT2D eigenvalue weighted by atomic mass is 35.5. The molecule has 0 aliphatic rings. The lowest BCUT2D eigenvalue weighted by molar-refractivity contribution is 0.813. The lowest BCUT2D eigenvalue weighted by atomic mass is 10.1. The molecule has 3 aromatic rings. The van der Waals surface area contributed by atoms with Gasteiger partial charge in [-0.25, -0.2) is 4.98 Å². The molecule has 96 valence electrons. The quantitative estimate of drug-likeness (QED) is 0.728. The van der Waals surface area contributed by atoms with Crippen LogP contribution in [0.4, 0.5) is 5.95 Å². The van der Waals surface area contributed by atoms with Crippen molar-refractivity contribution in [1.82, 2.24) is 19.5 Å². The van der Waals surface area contributed by atoms with Crippen LogP contribution in [0.3, 0.4) is 0 Å². The lowest BCUT2D eigenvalue weighted by Gasteiger charge is -2.05. The summed E-state index contributed by atoms with van der Waals surface area (Å²) in [5.41, 5.74) is 9.24. The molecular weight excluding hydrogens is 262 g/mol. The largest absolute Gasteiger partial charge is 0.368 e. The molecule has 0 saturated carbocycles. The van der Waals surface area contributed by atoms with E-state index in [4.69, 9.17) is 17.3 Å². The smallest absolute Gasteiger partial charge is 0.223 e. The van der Waals surface area contributed by atoms with Crippen molar-refractivity contribution in [3.63, 3.8) is 0 Å². The van der Waals surface area contributed by atoms with Gasteiger partial charge in [0.25, 0.3) is 0 Å². The third-order valence-electron chi connectivity index (χ3n) is 2.91. The van der Waals surface area contributed by atoms with Crippen LogP contribution in [-0.2, 0) is 6.54 Å². The highest BCUT2D eigenvalue weighted by Crippen LogP contribution is 2.20. The summed E-state index contributed by atoms with van der Waals surface area (Å²) < 4.78 is 1.91. The maximum Gasteiger partial charge on any atom is 0.223 e. The molecule has 0 unspecified atom stereocenters. The zero-order valence-electron chi connectivity index (χ0n) is 10.3. The number of hydrogen-bond acceptors (Lipinski definition) is 4. The molecule has 0 spiro atoms. The predicted octanol–water partition coefficient (Wildman–Crippen LogP) is 2.42. The molecule has 0 radical (unpaired) electrons. The zero-order valence-corrected chi connectivity index (χ0v) is 11.1. The van der Waals surface area contributed by atoms with E-state index in [1.165, 1.54) is 11.1 Å². The van der Waals surface area contributed by atoms with E-state index in [1.807, 2.05) is 4.57 Å². The molecule has 2 N–H and O–H groups in total. The number of nitrogens with two attached hydrogens (primary N) is 1. The maximum atomic E-state index is 5.99. The van der Waals surface area contributed by atoms with Crippen LogP contribution in [0.5, 0.6) is 0 Å². The molecule has 0 fully saturated rings. The van der Waals surface area contributed by atoms with Gasteiger partial charge < -0.3 is 10.3 Å². The Morgan fingerprint density at radius 1 is 1.21 bits per heavy atom. The molecule has 19 heavy (non-hydrogen) atoms. The number of aromatic nitrogens is 4. The van der Waals surface area contributed by atoms with Crippen LogP contribution in [0, 0.1) is 6.92 Å². The van der Waals surface area contributed by atoms with Gasteiger partial charge in [0.05, 0.1) is 12.9 Å². The Bertz CT molecular complexity index is 733. The molecule has 3 rings (SSSR count). The summed E-state index contributed by atoms with van der Waals surface area (Å²) in [6.45, 7) is 2.73. The predicted molar refractivity (Wildman–Crippen MR) is 75.0 cm³/mol. The summed E-state index contributed by atoms with van der Waals surface area (Å²) in [5, 5.41) is 0.283. The molecule has 1 aromatic carbocycles. The fourth-order valence-electron chi connectivity index (χ4n) is 1.93. The van der Waals surface area contributed by atoms with Gasteiger partial charge in [0.1, 0.15) is 5.52 Å². The maximum absolute atomic E-state index is 5.99. The summed E-state index contributed by atoms with van der Waals surface area (Å²) >= 11 is 5.99. The topological polar surface area (TPSA) is 69.6 Å². The van der Waals surface area contributed by atoms with E-state index in [0.29, 0.717) is 17.7 Å². The Morgan fingerprint density at radius 2 is 1.95 bits per heavy atom. The highest BCUT2D eigenvalue weighted by molar-refractivity contribution is 6.33. The van der Waals surface area contributed by atoms with Crippen LogP contribution in [0.2, 0.25) is 5.15 Å². The summed E-state index contributed by atoms with van der Waals surface area (Å²) in [7, 11) is 0. The van der Waals surface area contributed by atoms with Gasteiger partial charge in [0.15, 0.2) is 10.8 Å². The zero-order chi connectivity index (χ0) is 13.4. The van der Waals surface area contributed by atoms with Gasteiger partial charge >= 0.3 is 0 Å². The van der Waals surface area contributed by atoms with Crippen molar-refractivity contribution in [2.75, 3.05) is 5.73 Å². The Labute approximate surface area is 115 Å². The number of nitrogen functional groups attached to an aromatic ring is 1. The molecule has 0 bridgehead atoms. The van der Waals surface area contributed by atoms with Gasteiger partial charge in [-0.15, -0.1) is 0 Å². The number of halogens is 1. The van der Waals surface area contributed by atoms with Crippen molar-refractivity contribution in [1.29, 1.82) is 0 Å². The second-order valence-electron chi connectivity index (χ2n) is 4.40. The molecule has 0 aliphatic carbocycles. The van der Waals surface area contributed by atoms with Crippen molar-refractivity contribution in [2.45, 2.75) is 13.5 Å². The van der Waals surface area contributed by atoms with Gasteiger partial charge in [-0.1, -0.05) is 41.4 Å². The molecule has 6 heteroatoms. The van der Waals surface area contributed by atoms with Gasteiger partial charge in [0, 0.05) is 0 Å². The number of anilines is 1. The molecule has 2 heterocycles. The summed E-state index contributed by atoms with van der Waals surface area (Å²) in [6.07, 6.45) is 1.70. The summed E-state index contributed by atoms with van der Waals surface area (Å²) in [5.74, 6) is 0.156. The number of benzene rings is 1. The second kappa shape index (κ2) is 4.51. The van der Waals surface area contributed by atoms with Crippen molar-refractivity contribution < 1.29 is 0 Å². The Balaban J connectivity index is 2.03. The Kier molecular flexibility index (Phi) is 2.83. The van der Waals surface area contributed by atoms with Crippen LogP contribution in [-0.4, -0.2) is 19.5 Å². The average Bonchev–Trinajstić information content (AvgIpc) is 2.76. The SMILES string of the molecule is Cc1ccc(Cn2cnc3c(Cl)nc(N)nc32)cc1. The van der Waals surface area contributed by atoms with Crippen LogP contribution in [0.15, 0.2) is 30.6 Å². The first-order valence-electron chi connectivity index (χ1n) is 5.83. The highest BCUT2D eigenvalue weighted by Gasteiger charge is 2.10. The number of hydrogen-bond donors (Lipinski definition) is 1. The first-order chi connectivity index (χ1) is 9.13. The van der Waals surface area contributed by atoms with E-state index in [-0.39, 0.29) is 11.1 Å². The van der Waals surface area contributed by atoms with Crippen LogP contribution >= 0.6 is 11.6 Å². The van der Waals surface area contributed by atoms with E-state index in [2.05, 4.69) is 46.1 Å². The van der Waals surface area contributed by atoms with Crippen molar-refractivity contribution in [2.24, 2.45) is 0 Å². The number of fused-ring (bicyclic) bond motifs is 1. The molecular formula is C13H12ClN5. The summed E-state index contributed by atoms with van der Waals surface area (Å²) in [4.78, 5) is 12.3. The van der Waals surface area contributed by atoms with Crippen LogP contribution in [0.1, 0.15) is 11.1 Å². The van der Waals surface area contributed by atoms with E-state index in [1.54, 1.807) is 6.33 Å². The molecule has 5 nitrogen and oxygen atoms in total. The minimum Gasteiger partial charge on any atom is -0.368 e. The third-order valence-corrected chi connectivity index (χ3v) is 3.18. The minimum absolute atomic E-state index is 0.156. The standard InChI is InChI=1S/C13H12ClN5/c1-8-2-4-9(5-3-8)6-19-7-16-10-11(14)17-13(15)18-12(10)19/h2-5,7H,6H2,1H3,(H2,15,17,18). The van der Waals surface area contributed by atoms with Crippen molar-refractivity contribution >= 4 is 28.7 Å². The molecule has 0 atom stereocenters. The molecule has 2 aromatic heterocycles. The first kappa shape index (κ1) is 11.9. The third kappa shape index (κ3) is 2.24. The van der Waals surface area contributed by atoms with Crippen LogP contribution < -0.4 is 5.73 Å². The van der Waals surface area contributed by atoms with E-state index < -0.39 is 0 Å². The van der Waals surface area contributed by atoms with E-state index in [9.17, 15) is 0 Å². The molecule has 0 aliphatic heterocycles. The Hall–Kier alpha value is -2.14. The average molecular weight is 274 g/mol. The number of rotatable bonds is 2. The van der Waals surface area contributed by atoms with Gasteiger partial charge in [-0.3, -0.25) is 0 Å². The van der Waals surface area contributed by atoms with Crippen LogP contribution in [0.25, 0.3) is 11.2 Å². The normalized spacial score (nSPS) is 11.1. The van der Waals surface area contributed by atoms with E-state index >= 15 is 0 Å². The molecule has 0 amide bonds. The monoisotopic (exact) mass is 273 g/mol.